The summed E-state index contributed by atoms with van der Waals surface area (Å²) in [4.78, 5) is 11.4. The van der Waals surface area contributed by atoms with Crippen molar-refractivity contribution in [2.24, 2.45) is 5.92 Å². The van der Waals surface area contributed by atoms with Crippen LogP contribution in [0.25, 0.3) is 0 Å². The monoisotopic (exact) mass is 280 g/mol. The molecule has 0 aliphatic heterocycles. The highest BCUT2D eigenvalue weighted by Gasteiger charge is 2.23. The predicted molar refractivity (Wildman–Crippen MR) is 53.2 cm³/mol. The van der Waals surface area contributed by atoms with Gasteiger partial charge in [0.25, 0.3) is 0 Å². The summed E-state index contributed by atoms with van der Waals surface area (Å²) in [6, 6.07) is 0.954. The molecule has 15 heavy (non-hydrogen) atoms. The Morgan fingerprint density at radius 2 is 1.73 bits per heavy atom. The zero-order valence-electron chi connectivity index (χ0n) is 8.07. The van der Waals surface area contributed by atoms with Gasteiger partial charge in [0.05, 0.1) is 10.0 Å². The normalized spacial score (nSPS) is 10.9. The van der Waals surface area contributed by atoms with Gasteiger partial charge in [0.2, 0.25) is 0 Å². The third kappa shape index (κ3) is 2.22. The van der Waals surface area contributed by atoms with Gasteiger partial charge in [0.1, 0.15) is 0 Å². The quantitative estimate of drug-likeness (QED) is 0.459. The van der Waals surface area contributed by atoms with E-state index < -0.39 is 34.7 Å². The van der Waals surface area contributed by atoms with Crippen LogP contribution < -0.4 is 0 Å². The lowest BCUT2D eigenvalue weighted by atomic mass is 10.0. The van der Waals surface area contributed by atoms with Gasteiger partial charge in [-0.1, -0.05) is 13.8 Å². The van der Waals surface area contributed by atoms with E-state index in [1.54, 1.807) is 13.8 Å². The fraction of sp³-hybridized carbons (Fsp3) is 0.300. The van der Waals surface area contributed by atoms with Crippen LogP contribution in [0.3, 0.4) is 0 Å². The molecule has 0 atom stereocenters. The second-order valence-electron chi connectivity index (χ2n) is 3.37. The van der Waals surface area contributed by atoms with E-state index >= 15 is 0 Å². The zero-order valence-corrected chi connectivity index (χ0v) is 9.66. The Kier molecular flexibility index (Phi) is 3.54. The highest BCUT2D eigenvalue weighted by atomic mass is 79.9. The van der Waals surface area contributed by atoms with Crippen LogP contribution in [0, 0.1) is 23.4 Å². The predicted octanol–water partition coefficient (Wildman–Crippen LogP) is 3.71. The standard InChI is InChI=1S/C10H8BrF3O/c1-4(2)10(15)5-3-6(11)8(13)9(14)7(5)12/h3-4H,1-2H3. The SMILES string of the molecule is CC(C)C(=O)c1cc(Br)c(F)c(F)c1F. The molecule has 1 nitrogen and oxygen atoms in total. The number of carbonyl (C=O) groups excluding carboxylic acids is 1. The highest BCUT2D eigenvalue weighted by molar-refractivity contribution is 9.10. The van der Waals surface area contributed by atoms with Gasteiger partial charge < -0.3 is 0 Å². The van der Waals surface area contributed by atoms with Gasteiger partial charge in [-0.05, 0) is 22.0 Å². The maximum atomic E-state index is 13.2. The van der Waals surface area contributed by atoms with Crippen molar-refractivity contribution in [3.8, 4) is 0 Å². The smallest absolute Gasteiger partial charge is 0.196 e. The lowest BCUT2D eigenvalue weighted by Crippen LogP contribution is -2.12. The first-order valence-electron chi connectivity index (χ1n) is 4.23. The number of Topliss-reactive ketones (excluding diaryl/α,β-unsaturated/α-hetero) is 1. The van der Waals surface area contributed by atoms with Crippen molar-refractivity contribution in [3.05, 3.63) is 33.6 Å². The summed E-state index contributed by atoms with van der Waals surface area (Å²) in [7, 11) is 0. The van der Waals surface area contributed by atoms with Crippen molar-refractivity contribution in [2.45, 2.75) is 13.8 Å². The maximum absolute atomic E-state index is 13.2. The van der Waals surface area contributed by atoms with Crippen LogP contribution in [0.15, 0.2) is 10.5 Å². The lowest BCUT2D eigenvalue weighted by Gasteiger charge is -2.07. The molecular formula is C10H8BrF3O. The number of hydrogen-bond donors (Lipinski definition) is 0. The Morgan fingerprint density at radius 3 is 2.20 bits per heavy atom. The molecule has 0 unspecified atom stereocenters. The van der Waals surface area contributed by atoms with Crippen LogP contribution in [-0.4, -0.2) is 5.78 Å². The first-order valence-corrected chi connectivity index (χ1v) is 5.02. The first-order chi connectivity index (χ1) is 6.86. The number of hydrogen-bond acceptors (Lipinski definition) is 1. The summed E-state index contributed by atoms with van der Waals surface area (Å²) >= 11 is 2.71. The highest BCUT2D eigenvalue weighted by Crippen LogP contribution is 2.25. The van der Waals surface area contributed by atoms with Crippen LogP contribution in [0.4, 0.5) is 13.2 Å². The fourth-order valence-electron chi connectivity index (χ4n) is 1.06. The average molecular weight is 281 g/mol. The summed E-state index contributed by atoms with van der Waals surface area (Å²) in [6.45, 7) is 3.11. The van der Waals surface area contributed by atoms with E-state index in [0.717, 1.165) is 6.07 Å². The molecule has 0 saturated heterocycles. The molecule has 0 radical (unpaired) electrons. The summed E-state index contributed by atoms with van der Waals surface area (Å²) in [5.41, 5.74) is -0.434. The average Bonchev–Trinajstić information content (AvgIpc) is 2.19. The van der Waals surface area contributed by atoms with Crippen molar-refractivity contribution in [1.82, 2.24) is 0 Å². The molecule has 5 heteroatoms. The molecule has 0 N–H and O–H groups in total. The van der Waals surface area contributed by atoms with Gasteiger partial charge in [-0.2, -0.15) is 0 Å². The van der Waals surface area contributed by atoms with Crippen molar-refractivity contribution in [2.75, 3.05) is 0 Å². The molecule has 0 aromatic heterocycles. The summed E-state index contributed by atoms with van der Waals surface area (Å²) in [5.74, 6) is -5.43. The third-order valence-corrected chi connectivity index (χ3v) is 2.47. The summed E-state index contributed by atoms with van der Waals surface area (Å²) < 4.78 is 38.7. The minimum absolute atomic E-state index is 0.259. The van der Waals surface area contributed by atoms with E-state index in [9.17, 15) is 18.0 Å². The van der Waals surface area contributed by atoms with E-state index in [-0.39, 0.29) is 4.47 Å². The second-order valence-corrected chi connectivity index (χ2v) is 4.22. The molecule has 0 aliphatic carbocycles. The molecule has 0 fully saturated rings. The van der Waals surface area contributed by atoms with Gasteiger partial charge in [0.15, 0.2) is 23.2 Å². The van der Waals surface area contributed by atoms with E-state index in [0.29, 0.717) is 0 Å². The lowest BCUT2D eigenvalue weighted by molar-refractivity contribution is 0.0934. The minimum atomic E-state index is -1.63. The largest absolute Gasteiger partial charge is 0.294 e. The molecule has 1 aromatic rings. The van der Waals surface area contributed by atoms with Crippen molar-refractivity contribution < 1.29 is 18.0 Å². The number of halogens is 4. The van der Waals surface area contributed by atoms with Crippen LogP contribution >= 0.6 is 15.9 Å². The van der Waals surface area contributed by atoms with Crippen molar-refractivity contribution in [1.29, 1.82) is 0 Å². The molecule has 0 heterocycles. The van der Waals surface area contributed by atoms with Crippen LogP contribution in [0.2, 0.25) is 0 Å². The van der Waals surface area contributed by atoms with E-state index in [1.165, 1.54) is 0 Å². The van der Waals surface area contributed by atoms with Crippen LogP contribution in [0.1, 0.15) is 24.2 Å². The third-order valence-electron chi connectivity index (χ3n) is 1.89. The first kappa shape index (κ1) is 12.2. The summed E-state index contributed by atoms with van der Waals surface area (Å²) in [6.07, 6.45) is 0. The van der Waals surface area contributed by atoms with Crippen molar-refractivity contribution in [3.63, 3.8) is 0 Å². The number of benzene rings is 1. The molecule has 0 bridgehead atoms. The van der Waals surface area contributed by atoms with E-state index in [4.69, 9.17) is 0 Å². The topological polar surface area (TPSA) is 17.1 Å². The Morgan fingerprint density at radius 1 is 1.20 bits per heavy atom. The molecule has 0 spiro atoms. The Bertz CT molecular complexity index is 416. The van der Waals surface area contributed by atoms with E-state index in [1.807, 2.05) is 0 Å². The van der Waals surface area contributed by atoms with Crippen LogP contribution in [0.5, 0.6) is 0 Å². The summed E-state index contributed by atoms with van der Waals surface area (Å²) in [5, 5.41) is 0. The van der Waals surface area contributed by atoms with Gasteiger partial charge in [-0.25, -0.2) is 13.2 Å². The Balaban J connectivity index is 3.39. The van der Waals surface area contributed by atoms with Crippen molar-refractivity contribution >= 4 is 21.7 Å². The Labute approximate surface area is 93.4 Å². The second kappa shape index (κ2) is 4.35. The molecule has 0 amide bonds. The van der Waals surface area contributed by atoms with Gasteiger partial charge in [-0.15, -0.1) is 0 Å². The number of rotatable bonds is 2. The van der Waals surface area contributed by atoms with Crippen LogP contribution in [-0.2, 0) is 0 Å². The molecule has 1 rings (SSSR count). The molecule has 0 saturated carbocycles. The van der Waals surface area contributed by atoms with Gasteiger partial charge in [0, 0.05) is 5.92 Å². The maximum Gasteiger partial charge on any atom is 0.196 e. The number of ketones is 1. The van der Waals surface area contributed by atoms with Gasteiger partial charge >= 0.3 is 0 Å². The number of carbonyl (C=O) groups is 1. The fourth-order valence-corrected chi connectivity index (χ4v) is 1.47. The van der Waals surface area contributed by atoms with E-state index in [2.05, 4.69) is 15.9 Å². The molecule has 0 aliphatic rings. The minimum Gasteiger partial charge on any atom is -0.294 e. The molecule has 1 aromatic carbocycles. The Hall–Kier alpha value is -0.840. The zero-order chi connectivity index (χ0) is 11.7. The molecule has 82 valence electrons. The molecular weight excluding hydrogens is 273 g/mol. The van der Waals surface area contributed by atoms with Gasteiger partial charge in [-0.3, -0.25) is 4.79 Å².